The van der Waals surface area contributed by atoms with Crippen LogP contribution < -0.4 is 0 Å². The second-order valence-electron chi connectivity index (χ2n) is 4.94. The first-order valence-electron chi connectivity index (χ1n) is 6.04. The third kappa shape index (κ3) is 1.60. The van der Waals surface area contributed by atoms with Crippen LogP contribution in [0.1, 0.15) is 31.2 Å². The summed E-state index contributed by atoms with van der Waals surface area (Å²) < 4.78 is 0. The zero-order valence-electron chi connectivity index (χ0n) is 10.4. The summed E-state index contributed by atoms with van der Waals surface area (Å²) in [4.78, 5) is 8.12. The number of fused-ring (bicyclic) bond motifs is 3. The maximum absolute atomic E-state index is 4.71. The molecule has 2 aromatic heterocycles. The summed E-state index contributed by atoms with van der Waals surface area (Å²) in [7, 11) is 0. The van der Waals surface area contributed by atoms with E-state index in [1.54, 1.807) is 0 Å². The predicted octanol–water partition coefficient (Wildman–Crippen LogP) is 4.15. The fourth-order valence-corrected chi connectivity index (χ4v) is 2.28. The molecule has 1 N–H and O–H groups in total. The minimum Gasteiger partial charge on any atom is -0.358 e. The Morgan fingerprint density at radius 2 is 1.94 bits per heavy atom. The van der Waals surface area contributed by atoms with E-state index in [2.05, 4.69) is 56.1 Å². The molecule has 3 rings (SSSR count). The average Bonchev–Trinajstić information content (AvgIpc) is 2.69. The average molecular weight is 224 g/mol. The molecule has 0 aliphatic carbocycles. The first kappa shape index (κ1) is 10.3. The number of aromatic amines is 1. The standard InChI is InChI=1S/C15H16N2/c1-9(2)13-7-5-12-14(17-13)6-4-11-8-10(3)16-15(11)12/h4-9,16H,1-3H3. The van der Waals surface area contributed by atoms with Crippen molar-refractivity contribution in [2.75, 3.05) is 0 Å². The van der Waals surface area contributed by atoms with Crippen molar-refractivity contribution in [3.63, 3.8) is 0 Å². The van der Waals surface area contributed by atoms with Gasteiger partial charge in [-0.15, -0.1) is 0 Å². The van der Waals surface area contributed by atoms with Crippen LogP contribution in [0.15, 0.2) is 30.3 Å². The van der Waals surface area contributed by atoms with E-state index in [4.69, 9.17) is 4.98 Å². The Labute approximate surface area is 101 Å². The number of hydrogen-bond donors (Lipinski definition) is 1. The van der Waals surface area contributed by atoms with Gasteiger partial charge < -0.3 is 4.98 Å². The first-order chi connectivity index (χ1) is 8.15. The Kier molecular flexibility index (Phi) is 2.18. The normalized spacial score (nSPS) is 11.8. The number of hydrogen-bond acceptors (Lipinski definition) is 1. The number of H-pyrrole nitrogens is 1. The second kappa shape index (κ2) is 3.59. The monoisotopic (exact) mass is 224 g/mol. The summed E-state index contributed by atoms with van der Waals surface area (Å²) in [6.07, 6.45) is 0. The minimum absolute atomic E-state index is 0.473. The highest BCUT2D eigenvalue weighted by molar-refractivity contribution is 6.04. The maximum Gasteiger partial charge on any atom is 0.0726 e. The Hall–Kier alpha value is -1.83. The van der Waals surface area contributed by atoms with Gasteiger partial charge in [0.2, 0.25) is 0 Å². The number of pyridine rings is 1. The van der Waals surface area contributed by atoms with Gasteiger partial charge in [0.15, 0.2) is 0 Å². The van der Waals surface area contributed by atoms with Gasteiger partial charge in [-0.3, -0.25) is 4.98 Å². The summed E-state index contributed by atoms with van der Waals surface area (Å²) in [5, 5.41) is 2.47. The van der Waals surface area contributed by atoms with Crippen LogP contribution in [0.2, 0.25) is 0 Å². The molecule has 0 saturated heterocycles. The Bertz CT molecular complexity index is 693. The second-order valence-corrected chi connectivity index (χ2v) is 4.94. The third-order valence-electron chi connectivity index (χ3n) is 3.21. The number of aromatic nitrogens is 2. The number of aryl methyl sites for hydroxylation is 1. The topological polar surface area (TPSA) is 28.7 Å². The molecule has 0 saturated carbocycles. The fraction of sp³-hybridized carbons (Fsp3) is 0.267. The molecule has 2 nitrogen and oxygen atoms in total. The van der Waals surface area contributed by atoms with Crippen LogP contribution in [0, 0.1) is 6.92 Å². The van der Waals surface area contributed by atoms with Crippen molar-refractivity contribution in [2.45, 2.75) is 26.7 Å². The summed E-state index contributed by atoms with van der Waals surface area (Å²) >= 11 is 0. The van der Waals surface area contributed by atoms with Crippen LogP contribution in [0.5, 0.6) is 0 Å². The van der Waals surface area contributed by atoms with Gasteiger partial charge in [0.25, 0.3) is 0 Å². The van der Waals surface area contributed by atoms with Crippen molar-refractivity contribution in [1.82, 2.24) is 9.97 Å². The predicted molar refractivity (Wildman–Crippen MR) is 72.4 cm³/mol. The van der Waals surface area contributed by atoms with Crippen molar-refractivity contribution in [2.24, 2.45) is 0 Å². The van der Waals surface area contributed by atoms with E-state index < -0.39 is 0 Å². The van der Waals surface area contributed by atoms with Crippen LogP contribution >= 0.6 is 0 Å². The highest BCUT2D eigenvalue weighted by atomic mass is 14.7. The third-order valence-corrected chi connectivity index (χ3v) is 3.21. The summed E-state index contributed by atoms with van der Waals surface area (Å²) in [5.74, 6) is 0.473. The highest BCUT2D eigenvalue weighted by Crippen LogP contribution is 2.25. The Morgan fingerprint density at radius 3 is 2.71 bits per heavy atom. The van der Waals surface area contributed by atoms with Crippen molar-refractivity contribution in [1.29, 1.82) is 0 Å². The molecule has 17 heavy (non-hydrogen) atoms. The van der Waals surface area contributed by atoms with E-state index in [9.17, 15) is 0 Å². The number of nitrogens with zero attached hydrogens (tertiary/aromatic N) is 1. The zero-order valence-corrected chi connectivity index (χ0v) is 10.4. The first-order valence-corrected chi connectivity index (χ1v) is 6.04. The van der Waals surface area contributed by atoms with Crippen LogP contribution in [-0.2, 0) is 0 Å². The molecule has 3 aromatic rings. The number of rotatable bonds is 1. The van der Waals surface area contributed by atoms with E-state index in [0.29, 0.717) is 5.92 Å². The summed E-state index contributed by atoms with van der Waals surface area (Å²) in [6.45, 7) is 6.43. The van der Waals surface area contributed by atoms with E-state index in [1.165, 1.54) is 22.0 Å². The lowest BCUT2D eigenvalue weighted by molar-refractivity contribution is 0.830. The van der Waals surface area contributed by atoms with E-state index in [-0.39, 0.29) is 0 Å². The lowest BCUT2D eigenvalue weighted by Gasteiger charge is -2.06. The molecule has 0 amide bonds. The largest absolute Gasteiger partial charge is 0.358 e. The smallest absolute Gasteiger partial charge is 0.0726 e. The van der Waals surface area contributed by atoms with Gasteiger partial charge in [-0.25, -0.2) is 0 Å². The van der Waals surface area contributed by atoms with Crippen LogP contribution in [0.3, 0.4) is 0 Å². The highest BCUT2D eigenvalue weighted by Gasteiger charge is 2.06. The molecular weight excluding hydrogens is 208 g/mol. The molecule has 0 radical (unpaired) electrons. The lowest BCUT2D eigenvalue weighted by Crippen LogP contribution is -1.92. The lowest BCUT2D eigenvalue weighted by atomic mass is 10.1. The molecular formula is C15H16N2. The maximum atomic E-state index is 4.71. The fourth-order valence-electron chi connectivity index (χ4n) is 2.28. The van der Waals surface area contributed by atoms with Crippen molar-refractivity contribution in [3.05, 3.63) is 41.7 Å². The van der Waals surface area contributed by atoms with Gasteiger partial charge in [-0.05, 0) is 37.1 Å². The molecule has 0 bridgehead atoms. The Balaban J connectivity index is 2.36. The van der Waals surface area contributed by atoms with Gasteiger partial charge in [-0.1, -0.05) is 19.9 Å². The molecule has 0 aliphatic rings. The summed E-state index contributed by atoms with van der Waals surface area (Å²) in [5.41, 5.74) is 4.62. The molecule has 2 heterocycles. The molecule has 0 aliphatic heterocycles. The van der Waals surface area contributed by atoms with Gasteiger partial charge in [0.05, 0.1) is 11.0 Å². The van der Waals surface area contributed by atoms with E-state index in [0.717, 1.165) is 11.2 Å². The van der Waals surface area contributed by atoms with Crippen LogP contribution in [-0.4, -0.2) is 9.97 Å². The van der Waals surface area contributed by atoms with Gasteiger partial charge in [0.1, 0.15) is 0 Å². The van der Waals surface area contributed by atoms with Crippen molar-refractivity contribution >= 4 is 21.8 Å². The number of nitrogens with one attached hydrogen (secondary N) is 1. The van der Waals surface area contributed by atoms with E-state index >= 15 is 0 Å². The molecule has 2 heteroatoms. The van der Waals surface area contributed by atoms with Crippen LogP contribution in [0.25, 0.3) is 21.8 Å². The molecule has 0 atom stereocenters. The quantitative estimate of drug-likeness (QED) is 0.661. The van der Waals surface area contributed by atoms with Crippen LogP contribution in [0.4, 0.5) is 0 Å². The van der Waals surface area contributed by atoms with Crippen molar-refractivity contribution in [3.8, 4) is 0 Å². The van der Waals surface area contributed by atoms with E-state index in [1.807, 2.05) is 0 Å². The molecule has 0 unspecified atom stereocenters. The Morgan fingerprint density at radius 1 is 1.12 bits per heavy atom. The number of benzene rings is 1. The van der Waals surface area contributed by atoms with Crippen molar-refractivity contribution < 1.29 is 0 Å². The van der Waals surface area contributed by atoms with Gasteiger partial charge in [-0.2, -0.15) is 0 Å². The van der Waals surface area contributed by atoms with Gasteiger partial charge in [0, 0.05) is 22.2 Å². The minimum atomic E-state index is 0.473. The summed E-state index contributed by atoms with van der Waals surface area (Å²) in [6, 6.07) is 10.7. The molecule has 1 aromatic carbocycles. The molecule has 86 valence electrons. The SMILES string of the molecule is Cc1cc2ccc3nc(C(C)C)ccc3c2[nH]1. The zero-order chi connectivity index (χ0) is 12.0. The molecule has 0 spiro atoms. The van der Waals surface area contributed by atoms with Gasteiger partial charge >= 0.3 is 0 Å². The molecule has 0 fully saturated rings.